The molecule has 3 rings (SSSR count). The fourth-order valence-corrected chi connectivity index (χ4v) is 3.45. The Morgan fingerprint density at radius 3 is 1.71 bits per heavy atom. The Labute approximate surface area is 165 Å². The SMILES string of the molecule is CN(c1ccc(NC(=O)C(c2ccccc2)c2ccccc2)cc1)S(C)(=O)=O. The number of carbonyl (C=O) groups excluding carboxylic acids is 1. The number of hydrogen-bond acceptors (Lipinski definition) is 3. The second-order valence-electron chi connectivity index (χ2n) is 6.52. The van der Waals surface area contributed by atoms with Crippen molar-refractivity contribution in [2.75, 3.05) is 22.9 Å². The molecule has 0 heterocycles. The Balaban J connectivity index is 1.85. The van der Waals surface area contributed by atoms with Crippen LogP contribution in [-0.2, 0) is 14.8 Å². The predicted octanol–water partition coefficient (Wildman–Crippen LogP) is 3.85. The number of rotatable bonds is 6. The molecule has 0 aliphatic carbocycles. The van der Waals surface area contributed by atoms with E-state index in [4.69, 9.17) is 0 Å². The minimum atomic E-state index is -3.33. The molecule has 144 valence electrons. The van der Waals surface area contributed by atoms with Crippen molar-refractivity contribution < 1.29 is 13.2 Å². The third-order valence-electron chi connectivity index (χ3n) is 4.52. The van der Waals surface area contributed by atoms with Crippen LogP contribution >= 0.6 is 0 Å². The predicted molar refractivity (Wildman–Crippen MR) is 113 cm³/mol. The van der Waals surface area contributed by atoms with Crippen LogP contribution in [0.2, 0.25) is 0 Å². The van der Waals surface area contributed by atoms with Crippen LogP contribution in [0.25, 0.3) is 0 Å². The zero-order chi connectivity index (χ0) is 20.1. The van der Waals surface area contributed by atoms with Gasteiger partial charge >= 0.3 is 0 Å². The molecule has 0 bridgehead atoms. The molecule has 0 saturated heterocycles. The molecule has 0 saturated carbocycles. The number of nitrogens with zero attached hydrogens (tertiary/aromatic N) is 1. The van der Waals surface area contributed by atoms with Gasteiger partial charge in [0.15, 0.2) is 0 Å². The van der Waals surface area contributed by atoms with E-state index >= 15 is 0 Å². The highest BCUT2D eigenvalue weighted by Gasteiger charge is 2.22. The van der Waals surface area contributed by atoms with Crippen molar-refractivity contribution in [3.63, 3.8) is 0 Å². The molecule has 28 heavy (non-hydrogen) atoms. The van der Waals surface area contributed by atoms with Gasteiger partial charge in [0.1, 0.15) is 0 Å². The molecule has 5 nitrogen and oxygen atoms in total. The summed E-state index contributed by atoms with van der Waals surface area (Å²) in [7, 11) is -1.84. The van der Waals surface area contributed by atoms with Crippen molar-refractivity contribution in [1.29, 1.82) is 0 Å². The molecule has 6 heteroatoms. The molecule has 0 aromatic heterocycles. The van der Waals surface area contributed by atoms with Crippen molar-refractivity contribution in [1.82, 2.24) is 0 Å². The van der Waals surface area contributed by atoms with Crippen LogP contribution in [0.5, 0.6) is 0 Å². The zero-order valence-corrected chi connectivity index (χ0v) is 16.6. The smallest absolute Gasteiger partial charge is 0.236 e. The summed E-state index contributed by atoms with van der Waals surface area (Å²) in [6.07, 6.45) is 1.15. The van der Waals surface area contributed by atoms with E-state index in [1.54, 1.807) is 24.3 Å². The summed E-state index contributed by atoms with van der Waals surface area (Å²) < 4.78 is 24.5. The topological polar surface area (TPSA) is 66.5 Å². The largest absolute Gasteiger partial charge is 0.325 e. The van der Waals surface area contributed by atoms with Gasteiger partial charge in [0, 0.05) is 12.7 Å². The summed E-state index contributed by atoms with van der Waals surface area (Å²) in [6, 6.07) is 25.9. The lowest BCUT2D eigenvalue weighted by molar-refractivity contribution is -0.116. The molecule has 3 aromatic carbocycles. The highest BCUT2D eigenvalue weighted by atomic mass is 32.2. The fourth-order valence-electron chi connectivity index (χ4n) is 2.95. The first-order valence-electron chi connectivity index (χ1n) is 8.81. The van der Waals surface area contributed by atoms with E-state index in [1.165, 1.54) is 11.4 Å². The maximum Gasteiger partial charge on any atom is 0.236 e. The first-order chi connectivity index (χ1) is 13.4. The minimum Gasteiger partial charge on any atom is -0.325 e. The van der Waals surface area contributed by atoms with E-state index in [0.29, 0.717) is 11.4 Å². The van der Waals surface area contributed by atoms with E-state index < -0.39 is 15.9 Å². The molecule has 0 aliphatic heterocycles. The molecule has 3 aromatic rings. The molecule has 0 spiro atoms. The normalized spacial score (nSPS) is 11.2. The highest BCUT2D eigenvalue weighted by Crippen LogP contribution is 2.27. The van der Waals surface area contributed by atoms with Gasteiger partial charge < -0.3 is 5.32 Å². The Hall–Kier alpha value is -3.12. The summed E-state index contributed by atoms with van der Waals surface area (Å²) in [6.45, 7) is 0. The molecule has 0 unspecified atom stereocenters. The van der Waals surface area contributed by atoms with Gasteiger partial charge in [-0.25, -0.2) is 8.42 Å². The quantitative estimate of drug-likeness (QED) is 0.690. The molecule has 0 radical (unpaired) electrons. The molecule has 0 aliphatic rings. The van der Waals surface area contributed by atoms with Crippen molar-refractivity contribution in [2.45, 2.75) is 5.92 Å². The van der Waals surface area contributed by atoms with Crippen LogP contribution in [0.3, 0.4) is 0 Å². The highest BCUT2D eigenvalue weighted by molar-refractivity contribution is 7.92. The lowest BCUT2D eigenvalue weighted by Gasteiger charge is -2.19. The number of anilines is 2. The first-order valence-corrected chi connectivity index (χ1v) is 10.7. The number of amides is 1. The van der Waals surface area contributed by atoms with E-state index in [9.17, 15) is 13.2 Å². The molecule has 0 atom stereocenters. The Morgan fingerprint density at radius 1 is 0.821 bits per heavy atom. The molecule has 1 amide bonds. The lowest BCUT2D eigenvalue weighted by atomic mass is 9.90. The maximum atomic E-state index is 13.1. The van der Waals surface area contributed by atoms with Crippen molar-refractivity contribution in [3.8, 4) is 0 Å². The van der Waals surface area contributed by atoms with E-state index in [1.807, 2.05) is 60.7 Å². The van der Waals surface area contributed by atoms with Gasteiger partial charge in [-0.3, -0.25) is 9.10 Å². The second-order valence-corrected chi connectivity index (χ2v) is 8.53. The van der Waals surface area contributed by atoms with E-state index in [-0.39, 0.29) is 5.91 Å². The summed E-state index contributed by atoms with van der Waals surface area (Å²) in [5, 5.41) is 2.94. The Kier molecular flexibility index (Phi) is 5.80. The standard InChI is InChI=1S/C22H22N2O3S/c1-24(28(2,26)27)20-15-13-19(14-16-20)23-22(25)21(17-9-5-3-6-10-17)18-11-7-4-8-12-18/h3-16,21H,1-2H3,(H,23,25). The molecular formula is C22H22N2O3S. The van der Waals surface area contributed by atoms with Crippen LogP contribution in [0.1, 0.15) is 17.0 Å². The van der Waals surface area contributed by atoms with Crippen LogP contribution in [0.15, 0.2) is 84.9 Å². The monoisotopic (exact) mass is 394 g/mol. The van der Waals surface area contributed by atoms with Crippen molar-refractivity contribution in [3.05, 3.63) is 96.1 Å². The van der Waals surface area contributed by atoms with Gasteiger partial charge in [-0.15, -0.1) is 0 Å². The van der Waals surface area contributed by atoms with Gasteiger partial charge in [0.2, 0.25) is 15.9 Å². The number of nitrogens with one attached hydrogen (secondary N) is 1. The Morgan fingerprint density at radius 2 is 1.29 bits per heavy atom. The number of sulfonamides is 1. The van der Waals surface area contributed by atoms with Gasteiger partial charge in [-0.1, -0.05) is 60.7 Å². The van der Waals surface area contributed by atoms with Crippen LogP contribution in [-0.4, -0.2) is 27.6 Å². The van der Waals surface area contributed by atoms with Crippen molar-refractivity contribution >= 4 is 27.3 Å². The summed E-state index contributed by atoms with van der Waals surface area (Å²) in [5.74, 6) is -0.595. The van der Waals surface area contributed by atoms with E-state index in [2.05, 4.69) is 5.32 Å². The van der Waals surface area contributed by atoms with Gasteiger partial charge in [0.05, 0.1) is 17.9 Å². The van der Waals surface area contributed by atoms with Gasteiger partial charge in [-0.05, 0) is 35.4 Å². The minimum absolute atomic E-state index is 0.151. The second kappa shape index (κ2) is 8.27. The van der Waals surface area contributed by atoms with Gasteiger partial charge in [0.25, 0.3) is 0 Å². The van der Waals surface area contributed by atoms with Crippen LogP contribution < -0.4 is 9.62 Å². The van der Waals surface area contributed by atoms with E-state index in [0.717, 1.165) is 17.4 Å². The number of carbonyl (C=O) groups is 1. The summed E-state index contributed by atoms with van der Waals surface area (Å²) in [5.41, 5.74) is 2.94. The molecular weight excluding hydrogens is 372 g/mol. The van der Waals surface area contributed by atoms with Crippen LogP contribution in [0, 0.1) is 0 Å². The maximum absolute atomic E-state index is 13.1. The molecule has 1 N–H and O–H groups in total. The zero-order valence-electron chi connectivity index (χ0n) is 15.7. The number of benzene rings is 3. The van der Waals surface area contributed by atoms with Gasteiger partial charge in [-0.2, -0.15) is 0 Å². The van der Waals surface area contributed by atoms with Crippen molar-refractivity contribution in [2.24, 2.45) is 0 Å². The third kappa shape index (κ3) is 4.58. The Bertz CT molecular complexity index is 995. The average molecular weight is 394 g/mol. The third-order valence-corrected chi connectivity index (χ3v) is 5.73. The summed E-state index contributed by atoms with van der Waals surface area (Å²) >= 11 is 0. The fraction of sp³-hybridized carbons (Fsp3) is 0.136. The average Bonchev–Trinajstić information content (AvgIpc) is 2.69. The lowest BCUT2D eigenvalue weighted by Crippen LogP contribution is -2.25. The first kappa shape index (κ1) is 19.6. The molecule has 0 fully saturated rings. The number of hydrogen-bond donors (Lipinski definition) is 1. The summed E-state index contributed by atoms with van der Waals surface area (Å²) in [4.78, 5) is 13.1. The van der Waals surface area contributed by atoms with Crippen LogP contribution in [0.4, 0.5) is 11.4 Å².